The number of carbonyl (C=O) groups excluding carboxylic acids is 3. The van der Waals surface area contributed by atoms with Gasteiger partial charge in [-0.15, -0.1) is 0 Å². The molecule has 0 spiro atoms. The van der Waals surface area contributed by atoms with Crippen LogP contribution in [0.2, 0.25) is 0 Å². The zero-order valence-corrected chi connectivity index (χ0v) is 19.3. The zero-order valence-electron chi connectivity index (χ0n) is 19.3. The molecule has 2 aromatic rings. The molecule has 3 aliphatic rings. The molecule has 1 heterocycles. The van der Waals surface area contributed by atoms with Gasteiger partial charge in [0.1, 0.15) is 0 Å². The van der Waals surface area contributed by atoms with Crippen LogP contribution in [0, 0.1) is 19.8 Å². The number of hydrogen-bond donors (Lipinski definition) is 1. The van der Waals surface area contributed by atoms with E-state index in [4.69, 9.17) is 0 Å². The van der Waals surface area contributed by atoms with Crippen LogP contribution in [0.15, 0.2) is 42.5 Å². The molecule has 1 aliphatic heterocycles. The summed E-state index contributed by atoms with van der Waals surface area (Å²) < 4.78 is 0. The van der Waals surface area contributed by atoms with Crippen LogP contribution in [-0.2, 0) is 16.1 Å². The van der Waals surface area contributed by atoms with Crippen LogP contribution in [0.5, 0.6) is 0 Å². The highest BCUT2D eigenvalue weighted by Crippen LogP contribution is 2.34. The molecule has 0 aromatic heterocycles. The lowest BCUT2D eigenvalue weighted by Crippen LogP contribution is -2.38. The Labute approximate surface area is 194 Å². The summed E-state index contributed by atoms with van der Waals surface area (Å²) in [6.07, 6.45) is 4.40. The third kappa shape index (κ3) is 4.65. The smallest absolute Gasteiger partial charge is 0.251 e. The lowest BCUT2D eigenvalue weighted by Gasteiger charge is -2.26. The van der Waals surface area contributed by atoms with Crippen molar-refractivity contribution in [2.45, 2.75) is 64.6 Å². The summed E-state index contributed by atoms with van der Waals surface area (Å²) in [6.45, 7) is 5.02. The molecule has 5 rings (SSSR count). The Morgan fingerprint density at radius 2 is 1.76 bits per heavy atom. The Morgan fingerprint density at radius 3 is 2.42 bits per heavy atom. The molecule has 1 unspecified atom stereocenters. The minimum atomic E-state index is -0.318. The average Bonchev–Trinajstić information content (AvgIpc) is 3.74. The molecule has 6 nitrogen and oxygen atoms in total. The minimum absolute atomic E-state index is 0.0174. The van der Waals surface area contributed by atoms with Gasteiger partial charge in [-0.05, 0) is 74.4 Å². The van der Waals surface area contributed by atoms with Crippen LogP contribution in [0.25, 0.3) is 0 Å². The normalized spacial score (nSPS) is 20.1. The first-order valence-corrected chi connectivity index (χ1v) is 12.0. The SMILES string of the molecule is Cc1cccc(N2CC(C(=O)N(Cc3ccc(C(=O)NC4CC4)cc3)C3CC3)CC2=O)c1C. The van der Waals surface area contributed by atoms with Gasteiger partial charge in [0.15, 0.2) is 0 Å². The molecular weight excluding hydrogens is 414 g/mol. The van der Waals surface area contributed by atoms with Crippen molar-refractivity contribution in [1.29, 1.82) is 0 Å². The van der Waals surface area contributed by atoms with Gasteiger partial charge in [-0.25, -0.2) is 0 Å². The molecule has 0 bridgehead atoms. The molecule has 1 N–H and O–H groups in total. The van der Waals surface area contributed by atoms with E-state index in [2.05, 4.69) is 5.32 Å². The number of aryl methyl sites for hydroxylation is 1. The average molecular weight is 446 g/mol. The highest BCUT2D eigenvalue weighted by molar-refractivity contribution is 6.01. The van der Waals surface area contributed by atoms with E-state index < -0.39 is 0 Å². The largest absolute Gasteiger partial charge is 0.349 e. The van der Waals surface area contributed by atoms with Gasteiger partial charge in [-0.3, -0.25) is 14.4 Å². The van der Waals surface area contributed by atoms with E-state index in [0.717, 1.165) is 48.1 Å². The summed E-state index contributed by atoms with van der Waals surface area (Å²) in [4.78, 5) is 42.3. The Balaban J connectivity index is 1.27. The predicted octanol–water partition coefficient (Wildman–Crippen LogP) is 3.74. The molecule has 1 atom stereocenters. The summed E-state index contributed by atoms with van der Waals surface area (Å²) in [7, 11) is 0. The van der Waals surface area contributed by atoms with Crippen molar-refractivity contribution >= 4 is 23.4 Å². The summed E-state index contributed by atoms with van der Waals surface area (Å²) in [6, 6.07) is 14.1. The highest BCUT2D eigenvalue weighted by Gasteiger charge is 2.41. The number of anilines is 1. The second kappa shape index (κ2) is 8.65. The van der Waals surface area contributed by atoms with Crippen molar-refractivity contribution in [3.05, 3.63) is 64.7 Å². The maximum absolute atomic E-state index is 13.5. The highest BCUT2D eigenvalue weighted by atomic mass is 16.2. The van der Waals surface area contributed by atoms with E-state index in [0.29, 0.717) is 24.7 Å². The van der Waals surface area contributed by atoms with Crippen LogP contribution in [0.4, 0.5) is 5.69 Å². The van der Waals surface area contributed by atoms with Gasteiger partial charge < -0.3 is 15.1 Å². The summed E-state index contributed by atoms with van der Waals surface area (Å²) in [5.41, 5.74) is 4.80. The fraction of sp³-hybridized carbons (Fsp3) is 0.444. The van der Waals surface area contributed by atoms with E-state index in [1.54, 1.807) is 4.90 Å². The van der Waals surface area contributed by atoms with Crippen molar-refractivity contribution < 1.29 is 14.4 Å². The maximum Gasteiger partial charge on any atom is 0.251 e. The van der Waals surface area contributed by atoms with Crippen LogP contribution in [-0.4, -0.2) is 41.2 Å². The van der Waals surface area contributed by atoms with Crippen molar-refractivity contribution in [2.24, 2.45) is 5.92 Å². The number of rotatable bonds is 7. The number of carbonyl (C=O) groups is 3. The third-order valence-electron chi connectivity index (χ3n) is 7.09. The summed E-state index contributed by atoms with van der Waals surface area (Å²) >= 11 is 0. The van der Waals surface area contributed by atoms with Gasteiger partial charge >= 0.3 is 0 Å². The third-order valence-corrected chi connectivity index (χ3v) is 7.09. The Hall–Kier alpha value is -3.15. The fourth-order valence-corrected chi connectivity index (χ4v) is 4.60. The van der Waals surface area contributed by atoms with Crippen LogP contribution >= 0.6 is 0 Å². The van der Waals surface area contributed by atoms with Gasteiger partial charge in [-0.1, -0.05) is 24.3 Å². The number of benzene rings is 2. The monoisotopic (exact) mass is 445 g/mol. The van der Waals surface area contributed by atoms with Crippen LogP contribution in [0.3, 0.4) is 0 Å². The molecule has 2 aromatic carbocycles. The first kappa shape index (κ1) is 21.7. The Kier molecular flexibility index (Phi) is 5.69. The Bertz CT molecular complexity index is 1090. The predicted molar refractivity (Wildman–Crippen MR) is 127 cm³/mol. The lowest BCUT2D eigenvalue weighted by molar-refractivity contribution is -0.137. The first-order valence-electron chi connectivity index (χ1n) is 12.0. The topological polar surface area (TPSA) is 69.7 Å². The molecule has 33 heavy (non-hydrogen) atoms. The molecule has 3 amide bonds. The van der Waals surface area contributed by atoms with E-state index in [9.17, 15) is 14.4 Å². The standard InChI is InChI=1S/C27H31N3O3/c1-17-4-3-5-24(18(17)2)30-16-21(14-25(30)31)27(33)29(23-12-13-23)15-19-6-8-20(9-7-19)26(32)28-22-10-11-22/h3-9,21-23H,10-16H2,1-2H3,(H,28,32). The first-order chi connectivity index (χ1) is 15.9. The summed E-state index contributed by atoms with van der Waals surface area (Å²) in [5, 5.41) is 3.00. The van der Waals surface area contributed by atoms with Gasteiger partial charge in [0.2, 0.25) is 11.8 Å². The second-order valence-electron chi connectivity index (χ2n) is 9.77. The molecule has 1 saturated heterocycles. The van der Waals surface area contributed by atoms with Crippen molar-refractivity contribution in [3.8, 4) is 0 Å². The van der Waals surface area contributed by atoms with Gasteiger partial charge in [0, 0.05) is 42.8 Å². The molecule has 0 radical (unpaired) electrons. The van der Waals surface area contributed by atoms with Gasteiger partial charge in [0.25, 0.3) is 5.91 Å². The van der Waals surface area contributed by atoms with E-state index in [1.165, 1.54) is 0 Å². The quantitative estimate of drug-likeness (QED) is 0.706. The molecule has 2 aliphatic carbocycles. The Morgan fingerprint density at radius 1 is 1.03 bits per heavy atom. The fourth-order valence-electron chi connectivity index (χ4n) is 4.60. The van der Waals surface area contributed by atoms with Gasteiger partial charge in [-0.2, -0.15) is 0 Å². The number of hydrogen-bond acceptors (Lipinski definition) is 3. The lowest BCUT2D eigenvalue weighted by atomic mass is 10.1. The number of nitrogens with zero attached hydrogens (tertiary/aromatic N) is 2. The molecule has 172 valence electrons. The molecule has 6 heteroatoms. The van der Waals surface area contributed by atoms with E-state index >= 15 is 0 Å². The van der Waals surface area contributed by atoms with Crippen LogP contribution < -0.4 is 10.2 Å². The second-order valence-corrected chi connectivity index (χ2v) is 9.77. The molecule has 3 fully saturated rings. The summed E-state index contributed by atoms with van der Waals surface area (Å²) in [5.74, 6) is -0.269. The van der Waals surface area contributed by atoms with E-state index in [-0.39, 0.29) is 36.1 Å². The van der Waals surface area contributed by atoms with Gasteiger partial charge in [0.05, 0.1) is 5.92 Å². The van der Waals surface area contributed by atoms with Crippen LogP contribution in [0.1, 0.15) is 59.2 Å². The van der Waals surface area contributed by atoms with E-state index in [1.807, 2.05) is 61.2 Å². The van der Waals surface area contributed by atoms with Crippen molar-refractivity contribution in [1.82, 2.24) is 10.2 Å². The molecule has 2 saturated carbocycles. The maximum atomic E-state index is 13.5. The minimum Gasteiger partial charge on any atom is -0.349 e. The number of amides is 3. The molecular formula is C27H31N3O3. The number of nitrogens with one attached hydrogen (secondary N) is 1. The van der Waals surface area contributed by atoms with Crippen molar-refractivity contribution in [3.63, 3.8) is 0 Å². The van der Waals surface area contributed by atoms with Crippen molar-refractivity contribution in [2.75, 3.05) is 11.4 Å². The zero-order chi connectivity index (χ0) is 23.1.